The lowest BCUT2D eigenvalue weighted by atomic mass is 9.91. The molecule has 5 rings (SSSR count). The van der Waals surface area contributed by atoms with Crippen molar-refractivity contribution in [3.63, 3.8) is 0 Å². The van der Waals surface area contributed by atoms with Crippen molar-refractivity contribution in [3.8, 4) is 0 Å². The number of aliphatic imine (C=N–C) groups is 1. The molecule has 1 N–H and O–H groups in total. The maximum Gasteiger partial charge on any atom is 0.259 e. The fourth-order valence-corrected chi connectivity index (χ4v) is 7.23. The summed E-state index contributed by atoms with van der Waals surface area (Å²) in [6.45, 7) is 7.84. The summed E-state index contributed by atoms with van der Waals surface area (Å²) in [5.74, 6) is 2.97. The Morgan fingerprint density at radius 2 is 2.03 bits per heavy atom. The zero-order valence-electron chi connectivity index (χ0n) is 18.9. The third-order valence-corrected chi connectivity index (χ3v) is 8.90. The first kappa shape index (κ1) is 21.3. The lowest BCUT2D eigenvalue weighted by Crippen LogP contribution is -2.44. The summed E-state index contributed by atoms with van der Waals surface area (Å²) in [7, 11) is 0. The first-order valence-corrected chi connectivity index (χ1v) is 12.6. The highest BCUT2D eigenvalue weighted by molar-refractivity contribution is 8.14. The fraction of sp³-hybridized carbons (Fsp3) is 0.783. The highest BCUT2D eigenvalue weighted by Crippen LogP contribution is 2.45. The summed E-state index contributed by atoms with van der Waals surface area (Å²) in [6, 6.07) is 0.603. The van der Waals surface area contributed by atoms with E-state index in [0.717, 1.165) is 49.4 Å². The number of thioether (sulfide) groups is 1. The lowest BCUT2D eigenvalue weighted by molar-refractivity contribution is 0.0160. The second-order valence-corrected chi connectivity index (χ2v) is 11.5. The number of fused-ring (bicyclic) bond motifs is 2. The minimum atomic E-state index is -0.250. The van der Waals surface area contributed by atoms with Crippen molar-refractivity contribution in [2.45, 2.75) is 76.7 Å². The van der Waals surface area contributed by atoms with Crippen molar-refractivity contribution in [2.24, 2.45) is 22.7 Å². The van der Waals surface area contributed by atoms with Gasteiger partial charge >= 0.3 is 0 Å². The van der Waals surface area contributed by atoms with Crippen LogP contribution in [-0.4, -0.2) is 51.9 Å². The topological polar surface area (TPSA) is 80.0 Å². The van der Waals surface area contributed by atoms with Gasteiger partial charge in [0.25, 0.3) is 5.91 Å². The molecule has 0 spiro atoms. The van der Waals surface area contributed by atoms with Crippen molar-refractivity contribution in [1.29, 1.82) is 0 Å². The highest BCUT2D eigenvalue weighted by atomic mass is 32.2. The average molecular weight is 447 g/mol. The van der Waals surface area contributed by atoms with Gasteiger partial charge in [-0.1, -0.05) is 23.3 Å². The number of aromatic nitrogens is 1. The molecule has 4 aliphatic rings. The van der Waals surface area contributed by atoms with E-state index in [1.807, 2.05) is 18.7 Å². The van der Waals surface area contributed by atoms with E-state index in [2.05, 4.69) is 22.4 Å². The van der Waals surface area contributed by atoms with Crippen LogP contribution in [0.25, 0.3) is 0 Å². The molecule has 1 aromatic heterocycles. The van der Waals surface area contributed by atoms with Crippen LogP contribution in [0.2, 0.25) is 0 Å². The molecule has 1 aromatic rings. The number of amidine groups is 1. The normalized spacial score (nSPS) is 33.6. The highest BCUT2D eigenvalue weighted by Gasteiger charge is 2.42. The minimum Gasteiger partial charge on any atom is -0.362 e. The van der Waals surface area contributed by atoms with Crippen LogP contribution in [0.4, 0.5) is 0 Å². The second-order valence-electron chi connectivity index (χ2n) is 10.0. The number of nitrogens with one attached hydrogen (secondary N) is 1. The van der Waals surface area contributed by atoms with E-state index in [4.69, 9.17) is 9.26 Å². The second kappa shape index (κ2) is 8.43. The number of ether oxygens (including phenoxy) is 1. The summed E-state index contributed by atoms with van der Waals surface area (Å²) in [6.07, 6.45) is 8.48. The van der Waals surface area contributed by atoms with Gasteiger partial charge in [-0.05, 0) is 77.0 Å². The van der Waals surface area contributed by atoms with Crippen LogP contribution in [-0.2, 0) is 4.74 Å². The zero-order valence-corrected chi connectivity index (χ0v) is 19.7. The van der Waals surface area contributed by atoms with Gasteiger partial charge in [0.05, 0.1) is 5.69 Å². The molecule has 2 aliphatic carbocycles. The molecule has 2 saturated carbocycles. The Balaban J connectivity index is 1.13. The number of aryl methyl sites for hydroxylation is 2. The van der Waals surface area contributed by atoms with Crippen molar-refractivity contribution in [2.75, 3.05) is 19.8 Å². The Morgan fingerprint density at radius 3 is 2.68 bits per heavy atom. The molecule has 7 nitrogen and oxygen atoms in total. The van der Waals surface area contributed by atoms with E-state index < -0.39 is 0 Å². The fourth-order valence-electron chi connectivity index (χ4n) is 6.06. The van der Waals surface area contributed by atoms with Crippen LogP contribution < -0.4 is 5.32 Å². The summed E-state index contributed by atoms with van der Waals surface area (Å²) < 4.78 is 11.3. The largest absolute Gasteiger partial charge is 0.362 e. The third kappa shape index (κ3) is 4.38. The number of carbonyl (C=O) groups excluding carboxylic acids is 1. The molecule has 2 aliphatic heterocycles. The molecule has 3 fully saturated rings. The smallest absolute Gasteiger partial charge is 0.259 e. The molecular formula is C23H34N4O3S. The number of nitrogens with zero attached hydrogens (tertiary/aromatic N) is 3. The van der Waals surface area contributed by atoms with Crippen molar-refractivity contribution in [3.05, 3.63) is 17.0 Å². The lowest BCUT2D eigenvalue weighted by Gasteiger charge is -2.39. The Bertz CT molecular complexity index is 844. The molecular weight excluding hydrogens is 412 g/mol. The number of amides is 1. The number of hydrogen-bond acceptors (Lipinski definition) is 7. The van der Waals surface area contributed by atoms with Crippen LogP contribution in [0, 0.1) is 31.6 Å². The Labute approximate surface area is 188 Å². The van der Waals surface area contributed by atoms with E-state index in [9.17, 15) is 4.79 Å². The Hall–Kier alpha value is -1.54. The molecule has 1 saturated heterocycles. The molecule has 31 heavy (non-hydrogen) atoms. The van der Waals surface area contributed by atoms with Gasteiger partial charge in [-0.15, -0.1) is 0 Å². The van der Waals surface area contributed by atoms with E-state index in [-0.39, 0.29) is 10.8 Å². The van der Waals surface area contributed by atoms with Crippen molar-refractivity contribution >= 4 is 22.8 Å². The SMILES string of the molecule is Cc1noc(C)c1C(=O)N1CCC(CC2(C)OCN=C(N[C@H]3C[C@@H]4CC[C@H]3C4)S2)CC1. The average Bonchev–Trinajstić information content (AvgIpc) is 3.44. The van der Waals surface area contributed by atoms with Crippen LogP contribution >= 0.6 is 11.8 Å². The molecule has 2 bridgehead atoms. The summed E-state index contributed by atoms with van der Waals surface area (Å²) >= 11 is 1.77. The van der Waals surface area contributed by atoms with E-state index >= 15 is 0 Å². The van der Waals surface area contributed by atoms with Crippen molar-refractivity contribution in [1.82, 2.24) is 15.4 Å². The zero-order chi connectivity index (χ0) is 21.6. The van der Waals surface area contributed by atoms with Crippen LogP contribution in [0.5, 0.6) is 0 Å². The quantitative estimate of drug-likeness (QED) is 0.750. The first-order valence-electron chi connectivity index (χ1n) is 11.8. The third-order valence-electron chi connectivity index (χ3n) is 7.75. The predicted octanol–water partition coefficient (Wildman–Crippen LogP) is 4.11. The van der Waals surface area contributed by atoms with E-state index in [1.54, 1.807) is 11.8 Å². The molecule has 1 amide bonds. The van der Waals surface area contributed by atoms with Gasteiger partial charge in [0, 0.05) is 19.1 Å². The first-order chi connectivity index (χ1) is 14.9. The number of piperidine rings is 1. The van der Waals surface area contributed by atoms with E-state index in [1.165, 1.54) is 25.7 Å². The number of carbonyl (C=O) groups is 1. The molecule has 0 aromatic carbocycles. The predicted molar refractivity (Wildman–Crippen MR) is 121 cm³/mol. The van der Waals surface area contributed by atoms with Crippen LogP contribution in [0.15, 0.2) is 9.52 Å². The molecule has 3 heterocycles. The van der Waals surface area contributed by atoms with Crippen molar-refractivity contribution < 1.29 is 14.1 Å². The van der Waals surface area contributed by atoms with E-state index in [0.29, 0.717) is 35.7 Å². The maximum absolute atomic E-state index is 12.9. The number of rotatable bonds is 4. The Kier molecular flexibility index (Phi) is 5.79. The summed E-state index contributed by atoms with van der Waals surface area (Å²) in [5, 5.41) is 8.75. The van der Waals surface area contributed by atoms with Gasteiger partial charge in [0.1, 0.15) is 23.0 Å². The molecule has 1 unspecified atom stereocenters. The summed E-state index contributed by atoms with van der Waals surface area (Å²) in [5.41, 5.74) is 1.31. The monoisotopic (exact) mass is 446 g/mol. The minimum absolute atomic E-state index is 0.0497. The molecule has 0 radical (unpaired) electrons. The van der Waals surface area contributed by atoms with Gasteiger partial charge in [0.2, 0.25) is 0 Å². The van der Waals surface area contributed by atoms with Crippen LogP contribution in [0.3, 0.4) is 0 Å². The van der Waals surface area contributed by atoms with Gasteiger partial charge in [0.15, 0.2) is 5.17 Å². The van der Waals surface area contributed by atoms with Gasteiger partial charge in [-0.3, -0.25) is 4.79 Å². The molecule has 4 atom stereocenters. The molecule has 8 heteroatoms. The number of likely N-dealkylation sites (tertiary alicyclic amines) is 1. The number of hydrogen-bond donors (Lipinski definition) is 1. The van der Waals surface area contributed by atoms with Gasteiger partial charge in [-0.2, -0.15) is 0 Å². The Morgan fingerprint density at radius 1 is 1.23 bits per heavy atom. The van der Waals surface area contributed by atoms with Gasteiger partial charge < -0.3 is 19.5 Å². The summed E-state index contributed by atoms with van der Waals surface area (Å²) in [4.78, 5) is 19.2. The van der Waals surface area contributed by atoms with Crippen LogP contribution in [0.1, 0.15) is 73.7 Å². The maximum atomic E-state index is 12.9. The van der Waals surface area contributed by atoms with Gasteiger partial charge in [-0.25, -0.2) is 4.99 Å². The standard InChI is InChI=1S/C23H34N4O3S/c1-14-20(15(2)30-26-14)21(28)27-8-6-16(7-9-27)12-23(3)29-13-24-22(31-23)25-19-11-17-4-5-18(19)10-17/h16-19H,4-13H2,1-3H3,(H,24,25)/t17-,18+,19+,23?/m1/s1. The molecule has 170 valence electrons.